The van der Waals surface area contributed by atoms with Crippen molar-refractivity contribution < 1.29 is 4.79 Å². The molecule has 1 atom stereocenters. The van der Waals surface area contributed by atoms with E-state index >= 15 is 0 Å². The van der Waals surface area contributed by atoms with Crippen molar-refractivity contribution in [2.75, 3.05) is 13.1 Å². The van der Waals surface area contributed by atoms with Crippen molar-refractivity contribution >= 4 is 34.2 Å². The van der Waals surface area contributed by atoms with Crippen LogP contribution in [-0.4, -0.2) is 25.0 Å². The molecule has 1 aliphatic rings. The molecule has 17 heavy (non-hydrogen) atoms. The van der Waals surface area contributed by atoms with Gasteiger partial charge in [0.05, 0.1) is 0 Å². The SMILES string of the molecule is Cc1cc(Br)cc(C(=O)NC2CCNC2)c1.Cl. The van der Waals surface area contributed by atoms with Gasteiger partial charge in [0.1, 0.15) is 0 Å². The Balaban J connectivity index is 0.00000144. The van der Waals surface area contributed by atoms with E-state index in [2.05, 4.69) is 26.6 Å². The lowest BCUT2D eigenvalue weighted by atomic mass is 10.1. The van der Waals surface area contributed by atoms with E-state index in [1.165, 1.54) is 0 Å². The van der Waals surface area contributed by atoms with Gasteiger partial charge < -0.3 is 10.6 Å². The zero-order chi connectivity index (χ0) is 11.5. The van der Waals surface area contributed by atoms with Crippen LogP contribution < -0.4 is 10.6 Å². The first-order chi connectivity index (χ1) is 7.65. The largest absolute Gasteiger partial charge is 0.348 e. The van der Waals surface area contributed by atoms with Crippen molar-refractivity contribution in [1.29, 1.82) is 0 Å². The third-order valence-electron chi connectivity index (χ3n) is 2.70. The van der Waals surface area contributed by atoms with E-state index in [0.717, 1.165) is 35.1 Å². The van der Waals surface area contributed by atoms with Crippen LogP contribution in [0.4, 0.5) is 0 Å². The molecule has 0 aliphatic carbocycles. The molecule has 0 bridgehead atoms. The van der Waals surface area contributed by atoms with E-state index in [1.54, 1.807) is 0 Å². The molecule has 94 valence electrons. The monoisotopic (exact) mass is 318 g/mol. The number of aryl methyl sites for hydroxylation is 1. The van der Waals surface area contributed by atoms with Crippen molar-refractivity contribution in [3.8, 4) is 0 Å². The number of carbonyl (C=O) groups excluding carboxylic acids is 1. The molecule has 1 unspecified atom stereocenters. The molecule has 2 rings (SSSR count). The molecule has 3 nitrogen and oxygen atoms in total. The zero-order valence-corrected chi connectivity index (χ0v) is 12.0. The standard InChI is InChI=1S/C12H15BrN2O.ClH/c1-8-4-9(6-10(13)5-8)12(16)15-11-2-3-14-7-11;/h4-6,11,14H,2-3,7H2,1H3,(H,15,16);1H. The summed E-state index contributed by atoms with van der Waals surface area (Å²) in [6.45, 7) is 3.85. The summed E-state index contributed by atoms with van der Waals surface area (Å²) in [6.07, 6.45) is 1.01. The number of benzene rings is 1. The fraction of sp³-hybridized carbons (Fsp3) is 0.417. The van der Waals surface area contributed by atoms with Gasteiger partial charge in [0.25, 0.3) is 5.91 Å². The van der Waals surface area contributed by atoms with Crippen LogP contribution in [0.15, 0.2) is 22.7 Å². The Morgan fingerprint density at radius 2 is 2.24 bits per heavy atom. The topological polar surface area (TPSA) is 41.1 Å². The predicted octanol–water partition coefficient (Wildman–Crippen LogP) is 2.27. The first-order valence-corrected chi connectivity index (χ1v) is 6.23. The number of hydrogen-bond donors (Lipinski definition) is 2. The van der Waals surface area contributed by atoms with Crippen LogP contribution in [0, 0.1) is 6.92 Å². The molecule has 1 aromatic carbocycles. The molecule has 1 aromatic rings. The lowest BCUT2D eigenvalue weighted by molar-refractivity contribution is 0.0940. The van der Waals surface area contributed by atoms with Crippen molar-refractivity contribution in [3.05, 3.63) is 33.8 Å². The smallest absolute Gasteiger partial charge is 0.251 e. The fourth-order valence-electron chi connectivity index (χ4n) is 1.91. The molecular formula is C12H16BrClN2O. The zero-order valence-electron chi connectivity index (χ0n) is 9.63. The minimum Gasteiger partial charge on any atom is -0.348 e. The minimum atomic E-state index is 0. The van der Waals surface area contributed by atoms with Crippen LogP contribution >= 0.6 is 28.3 Å². The maximum atomic E-state index is 11.9. The highest BCUT2D eigenvalue weighted by Crippen LogP contribution is 2.15. The quantitative estimate of drug-likeness (QED) is 0.878. The summed E-state index contributed by atoms with van der Waals surface area (Å²) < 4.78 is 0.946. The Hall–Kier alpha value is -0.580. The molecular weight excluding hydrogens is 304 g/mol. The molecule has 1 heterocycles. The van der Waals surface area contributed by atoms with E-state index in [0.29, 0.717) is 0 Å². The second kappa shape index (κ2) is 6.38. The van der Waals surface area contributed by atoms with E-state index in [1.807, 2.05) is 25.1 Å². The van der Waals surface area contributed by atoms with Crippen LogP contribution in [-0.2, 0) is 0 Å². The Labute approximate surface area is 116 Å². The van der Waals surface area contributed by atoms with E-state index in [-0.39, 0.29) is 24.4 Å². The van der Waals surface area contributed by atoms with Gasteiger partial charge >= 0.3 is 0 Å². The Bertz CT molecular complexity index is 385. The van der Waals surface area contributed by atoms with Gasteiger partial charge in [-0.25, -0.2) is 0 Å². The van der Waals surface area contributed by atoms with Gasteiger partial charge in [0.15, 0.2) is 0 Å². The normalized spacial score (nSPS) is 18.6. The lowest BCUT2D eigenvalue weighted by Crippen LogP contribution is -2.36. The van der Waals surface area contributed by atoms with Gasteiger partial charge in [0.2, 0.25) is 0 Å². The molecule has 1 aliphatic heterocycles. The molecule has 1 fully saturated rings. The minimum absolute atomic E-state index is 0. The highest BCUT2D eigenvalue weighted by atomic mass is 79.9. The predicted molar refractivity (Wildman–Crippen MR) is 74.9 cm³/mol. The number of carbonyl (C=O) groups is 1. The summed E-state index contributed by atoms with van der Waals surface area (Å²) in [6, 6.07) is 6.02. The van der Waals surface area contributed by atoms with Crippen molar-refractivity contribution in [2.45, 2.75) is 19.4 Å². The maximum Gasteiger partial charge on any atom is 0.251 e. The van der Waals surface area contributed by atoms with Gasteiger partial charge in [-0.05, 0) is 43.7 Å². The van der Waals surface area contributed by atoms with E-state index in [4.69, 9.17) is 0 Å². The van der Waals surface area contributed by atoms with Crippen LogP contribution in [0.5, 0.6) is 0 Å². The molecule has 0 spiro atoms. The Kier molecular flexibility index (Phi) is 5.43. The maximum absolute atomic E-state index is 11.9. The number of halogens is 2. The van der Waals surface area contributed by atoms with Crippen LogP contribution in [0.2, 0.25) is 0 Å². The third-order valence-corrected chi connectivity index (χ3v) is 3.16. The van der Waals surface area contributed by atoms with Crippen LogP contribution in [0.25, 0.3) is 0 Å². The lowest BCUT2D eigenvalue weighted by Gasteiger charge is -2.11. The van der Waals surface area contributed by atoms with Gasteiger partial charge in [-0.15, -0.1) is 12.4 Å². The Morgan fingerprint density at radius 3 is 2.82 bits per heavy atom. The molecule has 1 amide bonds. The summed E-state index contributed by atoms with van der Waals surface area (Å²) in [4.78, 5) is 11.9. The molecule has 0 radical (unpaired) electrons. The molecule has 0 aromatic heterocycles. The summed E-state index contributed by atoms with van der Waals surface area (Å²) in [7, 11) is 0. The highest BCUT2D eigenvalue weighted by molar-refractivity contribution is 9.10. The second-order valence-electron chi connectivity index (χ2n) is 4.18. The van der Waals surface area contributed by atoms with Crippen LogP contribution in [0.3, 0.4) is 0 Å². The number of nitrogens with one attached hydrogen (secondary N) is 2. The van der Waals surface area contributed by atoms with Crippen molar-refractivity contribution in [3.63, 3.8) is 0 Å². The van der Waals surface area contributed by atoms with Gasteiger partial charge in [0, 0.05) is 22.6 Å². The van der Waals surface area contributed by atoms with Crippen molar-refractivity contribution in [2.24, 2.45) is 0 Å². The van der Waals surface area contributed by atoms with Gasteiger partial charge in [-0.2, -0.15) is 0 Å². The average molecular weight is 320 g/mol. The van der Waals surface area contributed by atoms with Gasteiger partial charge in [-0.3, -0.25) is 4.79 Å². The molecule has 1 saturated heterocycles. The number of hydrogen-bond acceptors (Lipinski definition) is 2. The molecule has 0 saturated carbocycles. The van der Waals surface area contributed by atoms with Crippen molar-refractivity contribution in [1.82, 2.24) is 10.6 Å². The highest BCUT2D eigenvalue weighted by Gasteiger charge is 2.17. The number of rotatable bonds is 2. The first-order valence-electron chi connectivity index (χ1n) is 5.44. The van der Waals surface area contributed by atoms with Gasteiger partial charge in [-0.1, -0.05) is 15.9 Å². The average Bonchev–Trinajstić information content (AvgIpc) is 2.68. The second-order valence-corrected chi connectivity index (χ2v) is 5.10. The third kappa shape index (κ3) is 3.98. The summed E-state index contributed by atoms with van der Waals surface area (Å²) >= 11 is 3.40. The molecule has 5 heteroatoms. The van der Waals surface area contributed by atoms with E-state index < -0.39 is 0 Å². The summed E-state index contributed by atoms with van der Waals surface area (Å²) in [5.41, 5.74) is 1.81. The fourth-order valence-corrected chi connectivity index (χ4v) is 2.52. The number of amides is 1. The molecule has 2 N–H and O–H groups in total. The Morgan fingerprint density at radius 1 is 1.47 bits per heavy atom. The summed E-state index contributed by atoms with van der Waals surface area (Å²) in [5, 5.41) is 6.26. The van der Waals surface area contributed by atoms with Crippen LogP contribution in [0.1, 0.15) is 22.3 Å². The first kappa shape index (κ1) is 14.5. The summed E-state index contributed by atoms with van der Waals surface area (Å²) in [5.74, 6) is 0.0121. The van der Waals surface area contributed by atoms with E-state index in [9.17, 15) is 4.79 Å².